The minimum Gasteiger partial charge on any atom is -0.353 e. The van der Waals surface area contributed by atoms with Gasteiger partial charge >= 0.3 is 0 Å². The summed E-state index contributed by atoms with van der Waals surface area (Å²) in [5.74, 6) is -0.255. The number of nitrogens with zero attached hydrogens (tertiary/aromatic N) is 4. The molecule has 2 aromatic carbocycles. The molecule has 0 bridgehead atoms. The second-order valence-electron chi connectivity index (χ2n) is 8.87. The van der Waals surface area contributed by atoms with Crippen molar-refractivity contribution in [1.29, 1.82) is 0 Å². The number of fused-ring (bicyclic) bond motifs is 1. The average molecular weight is 470 g/mol. The maximum absolute atomic E-state index is 13.6. The van der Waals surface area contributed by atoms with Gasteiger partial charge in [-0.05, 0) is 51.1 Å². The molecule has 0 atom stereocenters. The molecule has 5 rings (SSSR count). The average Bonchev–Trinajstić information content (AvgIpc) is 3.25. The zero-order valence-electron chi connectivity index (χ0n) is 20.2. The fourth-order valence-corrected chi connectivity index (χ4v) is 4.90. The van der Waals surface area contributed by atoms with Crippen molar-refractivity contribution in [3.8, 4) is 11.4 Å². The topological polar surface area (TPSA) is 81.3 Å². The number of nitrogens with one attached hydrogen (secondary N) is 1. The van der Waals surface area contributed by atoms with Crippen molar-refractivity contribution in [2.75, 3.05) is 23.3 Å². The fraction of sp³-hybridized carbons (Fsp3) is 0.222. The summed E-state index contributed by atoms with van der Waals surface area (Å²) in [5.41, 5.74) is 5.49. The number of amides is 1. The molecule has 0 spiro atoms. The molecule has 8 nitrogen and oxygen atoms in total. The number of carbonyl (C=O) groups is 2. The molecule has 1 aliphatic heterocycles. The number of benzene rings is 2. The highest BCUT2D eigenvalue weighted by Gasteiger charge is 2.27. The quantitative estimate of drug-likeness (QED) is 0.454. The predicted octanol–water partition coefficient (Wildman–Crippen LogP) is 3.53. The van der Waals surface area contributed by atoms with E-state index in [1.165, 1.54) is 0 Å². The van der Waals surface area contributed by atoms with Gasteiger partial charge in [0, 0.05) is 24.0 Å². The Bertz CT molecular complexity index is 1520. The molecule has 3 heterocycles. The third kappa shape index (κ3) is 3.67. The molecule has 0 aliphatic carbocycles. The Hall–Kier alpha value is -4.33. The summed E-state index contributed by atoms with van der Waals surface area (Å²) in [6.07, 6.45) is 0. The van der Waals surface area contributed by atoms with E-state index in [4.69, 9.17) is 0 Å². The van der Waals surface area contributed by atoms with Crippen LogP contribution in [0, 0.1) is 20.8 Å². The van der Waals surface area contributed by atoms with Crippen LogP contribution in [0.15, 0.2) is 65.5 Å². The lowest BCUT2D eigenvalue weighted by molar-refractivity contribution is -0.115. The van der Waals surface area contributed by atoms with Gasteiger partial charge in [-0.15, -0.1) is 0 Å². The lowest BCUT2D eigenvalue weighted by Crippen LogP contribution is -2.41. The normalized spacial score (nSPS) is 13.0. The number of anilines is 2. The van der Waals surface area contributed by atoms with Crippen molar-refractivity contribution in [2.45, 2.75) is 20.8 Å². The van der Waals surface area contributed by atoms with E-state index in [0.717, 1.165) is 22.8 Å². The first-order valence-electron chi connectivity index (χ1n) is 11.5. The number of hydrogen-bond acceptors (Lipinski definition) is 4. The van der Waals surface area contributed by atoms with Gasteiger partial charge in [0.1, 0.15) is 5.69 Å². The Morgan fingerprint density at radius 3 is 2.37 bits per heavy atom. The van der Waals surface area contributed by atoms with E-state index in [-0.39, 0.29) is 30.3 Å². The van der Waals surface area contributed by atoms with Gasteiger partial charge in [-0.2, -0.15) is 0 Å². The summed E-state index contributed by atoms with van der Waals surface area (Å²) in [7, 11) is 1.85. The molecule has 1 aliphatic rings. The van der Waals surface area contributed by atoms with Gasteiger partial charge in [0.25, 0.3) is 5.56 Å². The first-order chi connectivity index (χ1) is 16.8. The number of carbonyl (C=O) groups excluding carboxylic acids is 2. The molecule has 0 unspecified atom stereocenters. The minimum atomic E-state index is -0.154. The Balaban J connectivity index is 1.54. The second-order valence-corrected chi connectivity index (χ2v) is 8.87. The smallest absolute Gasteiger partial charge is 0.295 e. The fourth-order valence-electron chi connectivity index (χ4n) is 4.90. The van der Waals surface area contributed by atoms with Gasteiger partial charge in [-0.3, -0.25) is 19.1 Å². The van der Waals surface area contributed by atoms with Crippen molar-refractivity contribution >= 4 is 23.1 Å². The summed E-state index contributed by atoms with van der Waals surface area (Å²) in [4.78, 5) is 41.0. The van der Waals surface area contributed by atoms with Crippen LogP contribution in [0.4, 0.5) is 11.4 Å². The Morgan fingerprint density at radius 2 is 1.63 bits per heavy atom. The van der Waals surface area contributed by atoms with Crippen LogP contribution < -0.4 is 15.8 Å². The van der Waals surface area contributed by atoms with E-state index in [0.29, 0.717) is 22.6 Å². The first kappa shape index (κ1) is 22.5. The molecule has 35 heavy (non-hydrogen) atoms. The first-order valence-corrected chi connectivity index (χ1v) is 11.5. The number of ketones is 1. The van der Waals surface area contributed by atoms with Crippen molar-refractivity contribution in [2.24, 2.45) is 7.05 Å². The number of hydrogen-bond donors (Lipinski definition) is 1. The van der Waals surface area contributed by atoms with E-state index in [1.807, 2.05) is 97.7 Å². The number of para-hydroxylation sites is 3. The molecule has 178 valence electrons. The van der Waals surface area contributed by atoms with Crippen molar-refractivity contribution in [3.05, 3.63) is 93.7 Å². The molecule has 4 aromatic rings. The summed E-state index contributed by atoms with van der Waals surface area (Å²) < 4.78 is 5.33. The van der Waals surface area contributed by atoms with Crippen LogP contribution in [0.3, 0.4) is 0 Å². The molecular weight excluding hydrogens is 442 g/mol. The molecule has 0 fully saturated rings. The van der Waals surface area contributed by atoms with Gasteiger partial charge in [-0.25, -0.2) is 4.68 Å². The highest BCUT2D eigenvalue weighted by Crippen LogP contribution is 2.30. The van der Waals surface area contributed by atoms with Gasteiger partial charge < -0.3 is 14.8 Å². The molecule has 2 aromatic heterocycles. The third-order valence-corrected chi connectivity index (χ3v) is 6.67. The zero-order valence-corrected chi connectivity index (χ0v) is 20.2. The van der Waals surface area contributed by atoms with Crippen molar-refractivity contribution in [3.63, 3.8) is 0 Å². The lowest BCUT2D eigenvalue weighted by Gasteiger charge is -2.30. The molecule has 1 N–H and O–H groups in total. The van der Waals surface area contributed by atoms with E-state index in [2.05, 4.69) is 5.32 Å². The highest BCUT2D eigenvalue weighted by molar-refractivity contribution is 6.05. The monoisotopic (exact) mass is 469 g/mol. The van der Waals surface area contributed by atoms with Gasteiger partial charge in [-0.1, -0.05) is 30.3 Å². The number of rotatable bonds is 5. The summed E-state index contributed by atoms with van der Waals surface area (Å²) in [6.45, 7) is 5.83. The summed E-state index contributed by atoms with van der Waals surface area (Å²) in [6, 6.07) is 18.8. The maximum atomic E-state index is 13.6. The van der Waals surface area contributed by atoms with Crippen LogP contribution in [0.1, 0.15) is 27.4 Å². The van der Waals surface area contributed by atoms with E-state index in [1.54, 1.807) is 9.58 Å². The molecule has 0 saturated carbocycles. The molecule has 0 radical (unpaired) electrons. The van der Waals surface area contributed by atoms with E-state index >= 15 is 0 Å². The minimum absolute atomic E-state index is 0.0662. The van der Waals surface area contributed by atoms with E-state index in [9.17, 15) is 14.4 Å². The summed E-state index contributed by atoms with van der Waals surface area (Å²) in [5, 5.41) is 2.85. The van der Waals surface area contributed by atoms with Gasteiger partial charge in [0.05, 0.1) is 35.8 Å². The lowest BCUT2D eigenvalue weighted by atomic mass is 10.1. The third-order valence-electron chi connectivity index (χ3n) is 6.67. The Labute approximate surface area is 203 Å². The van der Waals surface area contributed by atoms with Crippen LogP contribution in [0.25, 0.3) is 11.4 Å². The maximum Gasteiger partial charge on any atom is 0.295 e. The SMILES string of the molecule is Cc1cc(C(=O)CN2CC(=O)Nc3ccccc32)c(C)n1-c1c(C)n(C)n(-c2ccccc2)c1=O. The standard InChI is InChI=1S/C27H27N5O3/c1-17-14-21(24(33)15-30-16-25(34)28-22-12-8-9-13-23(22)30)18(2)31(17)26-19(3)29(4)32(27(26)35)20-10-6-5-7-11-20/h5-14H,15-16H2,1-4H3,(H,28,34). The Morgan fingerprint density at radius 1 is 0.943 bits per heavy atom. The predicted molar refractivity (Wildman–Crippen MR) is 136 cm³/mol. The largest absolute Gasteiger partial charge is 0.353 e. The molecule has 8 heteroatoms. The Kier molecular flexibility index (Phi) is 5.43. The number of aromatic nitrogens is 3. The second kappa shape index (κ2) is 8.47. The van der Waals surface area contributed by atoms with Crippen LogP contribution in [0.2, 0.25) is 0 Å². The van der Waals surface area contributed by atoms with Crippen LogP contribution in [-0.2, 0) is 11.8 Å². The summed E-state index contributed by atoms with van der Waals surface area (Å²) >= 11 is 0. The molecular formula is C27H27N5O3. The highest BCUT2D eigenvalue weighted by atomic mass is 16.2. The van der Waals surface area contributed by atoms with Crippen LogP contribution in [-0.4, -0.2) is 38.7 Å². The molecule has 1 amide bonds. The van der Waals surface area contributed by atoms with Gasteiger partial charge in [0.2, 0.25) is 5.91 Å². The van der Waals surface area contributed by atoms with Crippen LogP contribution in [0.5, 0.6) is 0 Å². The number of aryl methyl sites for hydroxylation is 1. The van der Waals surface area contributed by atoms with E-state index < -0.39 is 0 Å². The van der Waals surface area contributed by atoms with Crippen LogP contribution >= 0.6 is 0 Å². The van der Waals surface area contributed by atoms with Crippen molar-refractivity contribution in [1.82, 2.24) is 13.9 Å². The van der Waals surface area contributed by atoms with Gasteiger partial charge in [0.15, 0.2) is 5.78 Å². The number of Topliss-reactive ketones (excluding diaryl/α,β-unsaturated/α-hetero) is 1. The zero-order chi connectivity index (χ0) is 24.9. The van der Waals surface area contributed by atoms with Crippen molar-refractivity contribution < 1.29 is 9.59 Å². The molecule has 0 saturated heterocycles.